The van der Waals surface area contributed by atoms with Crippen LogP contribution in [0, 0.1) is 0 Å². The van der Waals surface area contributed by atoms with E-state index in [9.17, 15) is 14.2 Å². The largest absolute Gasteiger partial charge is 0.444 e. The van der Waals surface area contributed by atoms with E-state index in [1.54, 1.807) is 20.8 Å². The Hall–Kier alpha value is -1.69. The lowest BCUT2D eigenvalue weighted by Crippen LogP contribution is -2.45. The number of carbonyl (C=O) groups excluding carboxylic acids is 2. The van der Waals surface area contributed by atoms with Gasteiger partial charge in [-0.25, -0.2) is 4.79 Å². The number of Topliss-reactive ketones (excluding diaryl/α,β-unsaturated/α-hetero) is 1. The monoisotopic (exact) mass is 371 g/mol. The second-order valence-corrected chi connectivity index (χ2v) is 8.76. The van der Waals surface area contributed by atoms with Crippen LogP contribution in [0.1, 0.15) is 26.3 Å². The molecular weight excluding hydrogens is 345 g/mol. The van der Waals surface area contributed by atoms with E-state index in [2.05, 4.69) is 5.32 Å². The van der Waals surface area contributed by atoms with Crippen molar-refractivity contribution in [2.45, 2.75) is 38.8 Å². The summed E-state index contributed by atoms with van der Waals surface area (Å²) in [4.78, 5) is 24.6. The Morgan fingerprint density at radius 3 is 2.16 bits per heavy atom. The Morgan fingerprint density at radius 1 is 1.12 bits per heavy atom. The molecule has 0 aliphatic rings. The van der Waals surface area contributed by atoms with Crippen LogP contribution in [0.2, 0.25) is 0 Å². The molecular formula is C17H26NO6P. The standard InChI is InChI=1S/C17H26NO6P/c1-17(2,3)24-16(20)18-14(11-13-9-7-6-8-10-13)15(19)12-25(21,22-4)23-5/h6-10,14H,11-12H2,1-5H3,(H,18,20)/t14-/m1/s1. The van der Waals surface area contributed by atoms with Crippen molar-refractivity contribution in [2.75, 3.05) is 20.4 Å². The second kappa shape index (κ2) is 9.13. The zero-order valence-electron chi connectivity index (χ0n) is 15.3. The number of carbonyl (C=O) groups is 2. The highest BCUT2D eigenvalue weighted by molar-refractivity contribution is 7.54. The first-order valence-corrected chi connectivity index (χ1v) is 9.58. The summed E-state index contributed by atoms with van der Waals surface area (Å²) in [7, 11) is -1.10. The third-order valence-corrected chi connectivity index (χ3v) is 5.08. The minimum absolute atomic E-state index is 0.242. The highest BCUT2D eigenvalue weighted by atomic mass is 31.2. The number of ether oxygens (including phenoxy) is 1. The van der Waals surface area contributed by atoms with Crippen LogP contribution >= 0.6 is 7.60 Å². The van der Waals surface area contributed by atoms with E-state index in [0.717, 1.165) is 5.56 Å². The molecule has 1 atom stereocenters. The average Bonchev–Trinajstić information content (AvgIpc) is 2.53. The topological polar surface area (TPSA) is 90.9 Å². The molecule has 140 valence electrons. The number of benzene rings is 1. The molecule has 0 aliphatic carbocycles. The third kappa shape index (κ3) is 7.82. The summed E-state index contributed by atoms with van der Waals surface area (Å²) in [5.41, 5.74) is 0.153. The highest BCUT2D eigenvalue weighted by Crippen LogP contribution is 2.46. The van der Waals surface area contributed by atoms with Crippen molar-refractivity contribution >= 4 is 19.5 Å². The minimum atomic E-state index is -3.52. The summed E-state index contributed by atoms with van der Waals surface area (Å²) in [6.07, 6.45) is -0.911. The fraction of sp³-hybridized carbons (Fsp3) is 0.529. The highest BCUT2D eigenvalue weighted by Gasteiger charge is 2.32. The van der Waals surface area contributed by atoms with Crippen molar-refractivity contribution < 1.29 is 27.9 Å². The molecule has 0 fully saturated rings. The maximum atomic E-state index is 12.6. The van der Waals surface area contributed by atoms with Gasteiger partial charge < -0.3 is 19.1 Å². The van der Waals surface area contributed by atoms with Gasteiger partial charge in [-0.05, 0) is 32.8 Å². The smallest absolute Gasteiger partial charge is 0.408 e. The molecule has 25 heavy (non-hydrogen) atoms. The SMILES string of the molecule is COP(=O)(CC(=O)[C@@H](Cc1ccccc1)NC(=O)OC(C)(C)C)OC. The summed E-state index contributed by atoms with van der Waals surface area (Å²) < 4.78 is 27.1. The molecule has 8 heteroatoms. The molecule has 0 bridgehead atoms. The van der Waals surface area contributed by atoms with E-state index in [4.69, 9.17) is 13.8 Å². The average molecular weight is 371 g/mol. The molecule has 1 amide bonds. The van der Waals surface area contributed by atoms with Crippen molar-refractivity contribution in [3.05, 3.63) is 35.9 Å². The van der Waals surface area contributed by atoms with Crippen LogP contribution in [0.4, 0.5) is 4.79 Å². The number of ketones is 1. The molecule has 0 radical (unpaired) electrons. The Balaban J connectivity index is 2.92. The lowest BCUT2D eigenvalue weighted by atomic mass is 10.0. The van der Waals surface area contributed by atoms with Gasteiger partial charge in [0, 0.05) is 14.2 Å². The predicted molar refractivity (Wildman–Crippen MR) is 94.8 cm³/mol. The summed E-state index contributed by atoms with van der Waals surface area (Å²) in [5.74, 6) is -0.457. The summed E-state index contributed by atoms with van der Waals surface area (Å²) in [6.45, 7) is 5.18. The van der Waals surface area contributed by atoms with Crippen molar-refractivity contribution in [3.63, 3.8) is 0 Å². The van der Waals surface area contributed by atoms with E-state index in [-0.39, 0.29) is 6.42 Å². The quantitative estimate of drug-likeness (QED) is 0.706. The number of nitrogens with one attached hydrogen (secondary N) is 1. The van der Waals surface area contributed by atoms with E-state index in [1.807, 2.05) is 30.3 Å². The summed E-state index contributed by atoms with van der Waals surface area (Å²) >= 11 is 0. The van der Waals surface area contributed by atoms with Gasteiger partial charge in [-0.2, -0.15) is 0 Å². The van der Waals surface area contributed by atoms with Crippen molar-refractivity contribution in [2.24, 2.45) is 0 Å². The molecule has 0 unspecified atom stereocenters. The number of alkyl carbamates (subject to hydrolysis) is 1. The lowest BCUT2D eigenvalue weighted by molar-refractivity contribution is -0.118. The first-order valence-electron chi connectivity index (χ1n) is 7.85. The van der Waals surface area contributed by atoms with Gasteiger partial charge in [-0.15, -0.1) is 0 Å². The minimum Gasteiger partial charge on any atom is -0.444 e. The predicted octanol–water partition coefficient (Wildman–Crippen LogP) is 3.18. The molecule has 0 aromatic heterocycles. The molecule has 0 spiro atoms. The van der Waals surface area contributed by atoms with Crippen LogP contribution in [-0.2, 0) is 29.6 Å². The van der Waals surface area contributed by atoms with Crippen LogP contribution < -0.4 is 5.32 Å². The molecule has 1 rings (SSSR count). The molecule has 7 nitrogen and oxygen atoms in total. The molecule has 1 aromatic carbocycles. The third-order valence-electron chi connectivity index (χ3n) is 3.27. The van der Waals surface area contributed by atoms with Gasteiger partial charge in [-0.1, -0.05) is 30.3 Å². The van der Waals surface area contributed by atoms with E-state index >= 15 is 0 Å². The van der Waals surface area contributed by atoms with E-state index in [0.29, 0.717) is 0 Å². The number of amides is 1. The molecule has 1 N–H and O–H groups in total. The number of hydrogen-bond acceptors (Lipinski definition) is 6. The Morgan fingerprint density at radius 2 is 1.68 bits per heavy atom. The van der Waals surface area contributed by atoms with Crippen LogP contribution in [-0.4, -0.2) is 43.9 Å². The summed E-state index contributed by atoms with van der Waals surface area (Å²) in [5, 5.41) is 2.55. The summed E-state index contributed by atoms with van der Waals surface area (Å²) in [6, 6.07) is 8.29. The molecule has 0 saturated heterocycles. The van der Waals surface area contributed by atoms with Gasteiger partial charge in [0.05, 0.1) is 6.04 Å². The van der Waals surface area contributed by atoms with Crippen molar-refractivity contribution in [1.29, 1.82) is 0 Å². The van der Waals surface area contributed by atoms with Gasteiger partial charge in [0.2, 0.25) is 0 Å². The van der Waals surface area contributed by atoms with Crippen LogP contribution in [0.3, 0.4) is 0 Å². The molecule has 0 saturated carbocycles. The molecule has 0 heterocycles. The van der Waals surface area contributed by atoms with Crippen LogP contribution in [0.5, 0.6) is 0 Å². The maximum Gasteiger partial charge on any atom is 0.408 e. The molecule has 0 aliphatic heterocycles. The first kappa shape index (κ1) is 21.4. The second-order valence-electron chi connectivity index (χ2n) is 6.49. The van der Waals surface area contributed by atoms with Crippen LogP contribution in [0.25, 0.3) is 0 Å². The van der Waals surface area contributed by atoms with Gasteiger partial charge in [0.25, 0.3) is 0 Å². The van der Waals surface area contributed by atoms with Gasteiger partial charge >= 0.3 is 13.7 Å². The van der Waals surface area contributed by atoms with Crippen molar-refractivity contribution in [3.8, 4) is 0 Å². The zero-order valence-corrected chi connectivity index (χ0v) is 16.2. The lowest BCUT2D eigenvalue weighted by Gasteiger charge is -2.24. The first-order chi connectivity index (χ1) is 11.6. The van der Waals surface area contributed by atoms with E-state index < -0.39 is 37.3 Å². The normalized spacial score (nSPS) is 13.2. The molecule has 1 aromatic rings. The number of hydrogen-bond donors (Lipinski definition) is 1. The fourth-order valence-corrected chi connectivity index (χ4v) is 3.06. The van der Waals surface area contributed by atoms with Crippen molar-refractivity contribution in [1.82, 2.24) is 5.32 Å². The Kier molecular flexibility index (Phi) is 7.80. The zero-order chi connectivity index (χ0) is 19.1. The fourth-order valence-electron chi connectivity index (χ4n) is 2.05. The Bertz CT molecular complexity index is 618. The Labute approximate surface area is 148 Å². The van der Waals surface area contributed by atoms with Gasteiger partial charge in [0.1, 0.15) is 11.8 Å². The van der Waals surface area contributed by atoms with Gasteiger partial charge in [-0.3, -0.25) is 9.36 Å². The maximum absolute atomic E-state index is 12.6. The van der Waals surface area contributed by atoms with Gasteiger partial charge in [0.15, 0.2) is 5.78 Å². The van der Waals surface area contributed by atoms with Crippen LogP contribution in [0.15, 0.2) is 30.3 Å². The number of rotatable bonds is 8. The van der Waals surface area contributed by atoms with E-state index in [1.165, 1.54) is 14.2 Å².